The zero-order valence-corrected chi connectivity index (χ0v) is 20.6. The van der Waals surface area contributed by atoms with E-state index in [0.717, 1.165) is 28.9 Å². The van der Waals surface area contributed by atoms with Crippen molar-refractivity contribution < 1.29 is 14.3 Å². The van der Waals surface area contributed by atoms with Crippen molar-refractivity contribution in [3.05, 3.63) is 47.8 Å². The number of amides is 2. The molecule has 1 aromatic heterocycles. The quantitative estimate of drug-likeness (QED) is 0.327. The maximum absolute atomic E-state index is 11.9. The highest BCUT2D eigenvalue weighted by Gasteiger charge is 2.37. The van der Waals surface area contributed by atoms with Crippen molar-refractivity contribution in [2.24, 2.45) is 28.5 Å². The standard InChI is InChI=1S/C18H19N5O3.C8H17N/c19-8-14(18(21)25)17(20)15-7-12(9-22-15)11-1-3-13(4-2-11)23-5-6-26-10-16(23)24;1-6-4-5-7(9)8(6,2)3/h1-4,7-9,19,22H,5-6,10,20H2,(H2,21,25);6-7H,4-5,9H2,1-3H3/b17-14-,19-8?;/t;6-,7+/m.1/s1. The van der Waals surface area contributed by atoms with E-state index < -0.39 is 5.91 Å². The van der Waals surface area contributed by atoms with Gasteiger partial charge >= 0.3 is 0 Å². The second-order valence-corrected chi connectivity index (χ2v) is 9.69. The van der Waals surface area contributed by atoms with Crippen LogP contribution in [0.3, 0.4) is 0 Å². The molecule has 1 saturated carbocycles. The SMILES string of the molecule is C[C@@H]1CC[C@H](N)C1(C)C.N=C/C(C(N)=O)=C(/N)c1cc(-c2ccc(N3CCOCC3=O)cc2)c[nH]1. The molecule has 9 heteroatoms. The van der Waals surface area contributed by atoms with E-state index in [0.29, 0.717) is 30.3 Å². The van der Waals surface area contributed by atoms with Crippen molar-refractivity contribution in [3.8, 4) is 11.1 Å². The molecule has 2 atom stereocenters. The molecule has 0 unspecified atom stereocenters. The van der Waals surface area contributed by atoms with Gasteiger partial charge in [0, 0.05) is 30.7 Å². The van der Waals surface area contributed by atoms with Crippen LogP contribution < -0.4 is 22.1 Å². The highest BCUT2D eigenvalue weighted by molar-refractivity contribution is 6.16. The molecule has 1 saturated heterocycles. The van der Waals surface area contributed by atoms with E-state index in [1.54, 1.807) is 17.2 Å². The normalized spacial score (nSPS) is 22.2. The molecule has 2 heterocycles. The van der Waals surface area contributed by atoms with Gasteiger partial charge in [-0.1, -0.05) is 32.9 Å². The fourth-order valence-corrected chi connectivity index (χ4v) is 4.31. The van der Waals surface area contributed by atoms with Gasteiger partial charge in [0.2, 0.25) is 0 Å². The Labute approximate surface area is 206 Å². The van der Waals surface area contributed by atoms with Crippen molar-refractivity contribution in [3.63, 3.8) is 0 Å². The molecule has 4 rings (SSSR count). The summed E-state index contributed by atoms with van der Waals surface area (Å²) in [5, 5.41) is 7.26. The van der Waals surface area contributed by atoms with E-state index in [4.69, 9.17) is 27.3 Å². The lowest BCUT2D eigenvalue weighted by Gasteiger charge is -2.28. The van der Waals surface area contributed by atoms with Crippen molar-refractivity contribution in [2.45, 2.75) is 39.7 Å². The molecule has 188 valence electrons. The predicted molar refractivity (Wildman–Crippen MR) is 139 cm³/mol. The lowest BCUT2D eigenvalue weighted by Crippen LogP contribution is -2.41. The number of hydrogen-bond acceptors (Lipinski definition) is 6. The van der Waals surface area contributed by atoms with Gasteiger partial charge in [-0.05, 0) is 53.5 Å². The number of carbonyl (C=O) groups is 2. The zero-order chi connectivity index (χ0) is 25.8. The molecular weight excluding hydrogens is 444 g/mol. The van der Waals surface area contributed by atoms with Crippen molar-refractivity contribution in [1.82, 2.24) is 4.98 Å². The molecule has 2 fully saturated rings. The van der Waals surface area contributed by atoms with E-state index in [2.05, 4.69) is 25.8 Å². The summed E-state index contributed by atoms with van der Waals surface area (Å²) < 4.78 is 5.14. The van der Waals surface area contributed by atoms with Gasteiger partial charge in [-0.2, -0.15) is 0 Å². The summed E-state index contributed by atoms with van der Waals surface area (Å²) >= 11 is 0. The largest absolute Gasteiger partial charge is 0.396 e. The second kappa shape index (κ2) is 10.9. The number of nitrogens with zero attached hydrogens (tertiary/aromatic N) is 1. The fraction of sp³-hybridized carbons (Fsp3) is 0.423. The number of carbonyl (C=O) groups excluding carboxylic acids is 2. The number of anilines is 1. The maximum Gasteiger partial charge on any atom is 0.253 e. The second-order valence-electron chi connectivity index (χ2n) is 9.69. The van der Waals surface area contributed by atoms with Crippen LogP contribution in [0.15, 0.2) is 42.1 Å². The number of primary amides is 1. The number of aromatic amines is 1. The topological polar surface area (TPSA) is 164 Å². The summed E-state index contributed by atoms with van der Waals surface area (Å²) in [7, 11) is 0. The number of nitrogens with two attached hydrogens (primary N) is 3. The Bertz CT molecular complexity index is 1090. The Morgan fingerprint density at radius 2 is 1.89 bits per heavy atom. The molecular formula is C26H36N6O3. The summed E-state index contributed by atoms with van der Waals surface area (Å²) in [6, 6.07) is 9.75. The van der Waals surface area contributed by atoms with Crippen molar-refractivity contribution in [1.29, 1.82) is 5.41 Å². The molecule has 0 spiro atoms. The molecule has 1 aromatic carbocycles. The molecule has 1 aliphatic carbocycles. The Morgan fingerprint density at radius 1 is 1.20 bits per heavy atom. The van der Waals surface area contributed by atoms with Crippen molar-refractivity contribution in [2.75, 3.05) is 24.7 Å². The molecule has 9 nitrogen and oxygen atoms in total. The van der Waals surface area contributed by atoms with Crippen LogP contribution in [0.25, 0.3) is 16.8 Å². The summed E-state index contributed by atoms with van der Waals surface area (Å²) in [6.45, 7) is 8.00. The Kier molecular flexibility index (Phi) is 8.14. The third-order valence-electron chi connectivity index (χ3n) is 7.31. The van der Waals surface area contributed by atoms with E-state index in [1.165, 1.54) is 12.8 Å². The lowest BCUT2D eigenvalue weighted by atomic mass is 9.81. The van der Waals surface area contributed by atoms with Gasteiger partial charge in [-0.25, -0.2) is 0 Å². The van der Waals surface area contributed by atoms with Crippen LogP contribution in [0.5, 0.6) is 0 Å². The Morgan fingerprint density at radius 3 is 2.37 bits per heavy atom. The predicted octanol–water partition coefficient (Wildman–Crippen LogP) is 2.62. The van der Waals surface area contributed by atoms with Gasteiger partial charge in [0.25, 0.3) is 11.8 Å². The number of hydrogen-bond donors (Lipinski definition) is 5. The zero-order valence-electron chi connectivity index (χ0n) is 20.6. The van der Waals surface area contributed by atoms with Gasteiger partial charge in [0.1, 0.15) is 6.61 Å². The van der Waals surface area contributed by atoms with E-state index >= 15 is 0 Å². The minimum Gasteiger partial charge on any atom is -0.396 e. The van der Waals surface area contributed by atoms with Crippen LogP contribution in [-0.4, -0.2) is 48.8 Å². The van der Waals surface area contributed by atoms with E-state index in [9.17, 15) is 9.59 Å². The van der Waals surface area contributed by atoms with Crippen LogP contribution in [-0.2, 0) is 14.3 Å². The van der Waals surface area contributed by atoms with E-state index in [1.807, 2.05) is 24.3 Å². The molecule has 0 bridgehead atoms. The van der Waals surface area contributed by atoms with Crippen LogP contribution in [0.1, 0.15) is 39.3 Å². The summed E-state index contributed by atoms with van der Waals surface area (Å²) in [5.74, 6) is -0.00264. The number of nitrogens with one attached hydrogen (secondary N) is 2. The van der Waals surface area contributed by atoms with Gasteiger partial charge in [-0.3, -0.25) is 9.59 Å². The molecule has 2 aliphatic rings. The summed E-state index contributed by atoms with van der Waals surface area (Å²) in [5.41, 5.74) is 20.6. The fourth-order valence-electron chi connectivity index (χ4n) is 4.31. The van der Waals surface area contributed by atoms with E-state index in [-0.39, 0.29) is 23.8 Å². The minimum atomic E-state index is -0.756. The molecule has 2 aromatic rings. The third kappa shape index (κ3) is 5.80. The number of aromatic nitrogens is 1. The number of benzene rings is 1. The van der Waals surface area contributed by atoms with Gasteiger partial charge < -0.3 is 37.2 Å². The third-order valence-corrected chi connectivity index (χ3v) is 7.31. The smallest absolute Gasteiger partial charge is 0.253 e. The van der Waals surface area contributed by atoms with Gasteiger partial charge in [0.05, 0.1) is 23.6 Å². The van der Waals surface area contributed by atoms with Crippen molar-refractivity contribution >= 4 is 29.4 Å². The highest BCUT2D eigenvalue weighted by Crippen LogP contribution is 2.41. The van der Waals surface area contributed by atoms with Crippen LogP contribution in [0.2, 0.25) is 0 Å². The molecule has 2 amide bonds. The first-order valence-corrected chi connectivity index (χ1v) is 11.8. The molecule has 1 aliphatic heterocycles. The van der Waals surface area contributed by atoms with Crippen LogP contribution >= 0.6 is 0 Å². The molecule has 0 radical (unpaired) electrons. The minimum absolute atomic E-state index is 0.0559. The lowest BCUT2D eigenvalue weighted by molar-refractivity contribution is -0.125. The maximum atomic E-state index is 11.9. The summed E-state index contributed by atoms with van der Waals surface area (Å²) in [4.78, 5) is 27.9. The highest BCUT2D eigenvalue weighted by atomic mass is 16.5. The van der Waals surface area contributed by atoms with Gasteiger partial charge in [0.15, 0.2) is 0 Å². The van der Waals surface area contributed by atoms with Crippen LogP contribution in [0, 0.1) is 16.7 Å². The molecule has 35 heavy (non-hydrogen) atoms. The Balaban J connectivity index is 0.000000320. The Hall–Kier alpha value is -3.43. The summed E-state index contributed by atoms with van der Waals surface area (Å²) in [6.07, 6.45) is 5.12. The van der Waals surface area contributed by atoms with Gasteiger partial charge in [-0.15, -0.1) is 0 Å². The number of H-pyrrole nitrogens is 1. The first kappa shape index (κ1) is 26.2. The monoisotopic (exact) mass is 480 g/mol. The molecule has 8 N–H and O–H groups in total. The first-order valence-electron chi connectivity index (χ1n) is 11.8. The number of ether oxygens (including phenoxy) is 1. The van der Waals surface area contributed by atoms with Crippen LogP contribution in [0.4, 0.5) is 5.69 Å². The number of morpholine rings is 1. The first-order chi connectivity index (χ1) is 16.6. The average Bonchev–Trinajstić information content (AvgIpc) is 3.41. The number of rotatable bonds is 5. The average molecular weight is 481 g/mol.